The zero-order chi connectivity index (χ0) is 12.1. The Kier molecular flexibility index (Phi) is 3.55. The zero-order valence-corrected chi connectivity index (χ0v) is 9.72. The van der Waals surface area contributed by atoms with Gasteiger partial charge in [0.15, 0.2) is 0 Å². The molecule has 0 spiro atoms. The van der Waals surface area contributed by atoms with Crippen LogP contribution in [0.15, 0.2) is 48.5 Å². The van der Waals surface area contributed by atoms with Gasteiger partial charge in [0.1, 0.15) is 12.0 Å². The summed E-state index contributed by atoms with van der Waals surface area (Å²) in [6, 6.07) is 15.5. The first-order chi connectivity index (χ1) is 8.35. The van der Waals surface area contributed by atoms with Crippen LogP contribution in [0, 0.1) is 0 Å². The Morgan fingerprint density at radius 2 is 1.65 bits per heavy atom. The highest BCUT2D eigenvalue weighted by Crippen LogP contribution is 2.22. The Hall–Kier alpha value is -2.09. The fraction of sp³-hybridized carbons (Fsp3) is 0.133. The normalized spacial score (nSPS) is 9.94. The van der Waals surface area contributed by atoms with Gasteiger partial charge in [-0.05, 0) is 17.2 Å². The molecule has 2 nitrogen and oxygen atoms in total. The Morgan fingerprint density at radius 1 is 1.00 bits per heavy atom. The van der Waals surface area contributed by atoms with Crippen LogP contribution in [0.4, 0.5) is 0 Å². The summed E-state index contributed by atoms with van der Waals surface area (Å²) in [6.07, 6.45) is 1.60. The number of ether oxygens (including phenoxy) is 1. The summed E-state index contributed by atoms with van der Waals surface area (Å²) in [6.45, 7) is 0. The van der Waals surface area contributed by atoms with Crippen LogP contribution in [0.1, 0.15) is 21.5 Å². The summed E-state index contributed by atoms with van der Waals surface area (Å²) < 4.78 is 5.30. The van der Waals surface area contributed by atoms with E-state index in [1.54, 1.807) is 7.11 Å². The fourth-order valence-electron chi connectivity index (χ4n) is 1.86. The smallest absolute Gasteiger partial charge is 0.150 e. The Labute approximate surface area is 101 Å². The molecule has 0 bridgehead atoms. The van der Waals surface area contributed by atoms with Gasteiger partial charge in [-0.1, -0.05) is 42.5 Å². The maximum atomic E-state index is 10.9. The zero-order valence-electron chi connectivity index (χ0n) is 9.72. The van der Waals surface area contributed by atoms with Gasteiger partial charge in [0, 0.05) is 12.0 Å². The maximum absolute atomic E-state index is 10.9. The van der Waals surface area contributed by atoms with Gasteiger partial charge in [-0.3, -0.25) is 4.79 Å². The minimum absolute atomic E-state index is 0.707. The van der Waals surface area contributed by atoms with Gasteiger partial charge in [0.25, 0.3) is 0 Å². The van der Waals surface area contributed by atoms with Crippen LogP contribution >= 0.6 is 0 Å². The van der Waals surface area contributed by atoms with E-state index in [1.165, 1.54) is 0 Å². The molecule has 0 aliphatic heterocycles. The second kappa shape index (κ2) is 5.30. The highest BCUT2D eigenvalue weighted by molar-refractivity contribution is 5.77. The molecule has 0 heterocycles. The van der Waals surface area contributed by atoms with Crippen molar-refractivity contribution in [3.05, 3.63) is 65.2 Å². The molecule has 0 saturated carbocycles. The first-order valence-corrected chi connectivity index (χ1v) is 5.50. The molecule has 0 fully saturated rings. The van der Waals surface area contributed by atoms with Gasteiger partial charge in [0.2, 0.25) is 0 Å². The van der Waals surface area contributed by atoms with Crippen molar-refractivity contribution < 1.29 is 9.53 Å². The van der Waals surface area contributed by atoms with Crippen LogP contribution in [0.2, 0.25) is 0 Å². The highest BCUT2D eigenvalue weighted by atomic mass is 16.5. The van der Waals surface area contributed by atoms with Gasteiger partial charge in [0.05, 0.1) is 7.11 Å². The van der Waals surface area contributed by atoms with Crippen LogP contribution in [0.3, 0.4) is 0 Å². The summed E-state index contributed by atoms with van der Waals surface area (Å²) in [5.74, 6) is 0.855. The van der Waals surface area contributed by atoms with Crippen molar-refractivity contribution in [3.63, 3.8) is 0 Å². The number of hydrogen-bond acceptors (Lipinski definition) is 2. The quantitative estimate of drug-likeness (QED) is 0.749. The second-order valence-electron chi connectivity index (χ2n) is 3.81. The predicted octanol–water partition coefficient (Wildman–Crippen LogP) is 3.10. The molecule has 0 atom stereocenters. The topological polar surface area (TPSA) is 26.3 Å². The van der Waals surface area contributed by atoms with Crippen LogP contribution in [-0.2, 0) is 6.42 Å². The van der Waals surface area contributed by atoms with Crippen LogP contribution in [-0.4, -0.2) is 13.4 Å². The largest absolute Gasteiger partial charge is 0.496 e. The van der Waals surface area contributed by atoms with Crippen LogP contribution < -0.4 is 4.74 Å². The Balaban J connectivity index is 2.34. The third kappa shape index (κ3) is 2.53. The summed E-state index contributed by atoms with van der Waals surface area (Å²) in [4.78, 5) is 10.9. The highest BCUT2D eigenvalue weighted by Gasteiger charge is 2.05. The SMILES string of the molecule is COc1ccccc1Cc1ccccc1C=O. The molecular formula is C15H14O2. The van der Waals surface area contributed by atoms with Crippen molar-refractivity contribution in [2.45, 2.75) is 6.42 Å². The van der Waals surface area contributed by atoms with E-state index in [-0.39, 0.29) is 0 Å². The van der Waals surface area contributed by atoms with E-state index in [0.29, 0.717) is 6.42 Å². The first kappa shape index (κ1) is 11.4. The number of hydrogen-bond donors (Lipinski definition) is 0. The number of rotatable bonds is 4. The second-order valence-corrected chi connectivity index (χ2v) is 3.81. The number of methoxy groups -OCH3 is 1. The average Bonchev–Trinajstić information content (AvgIpc) is 2.40. The molecule has 0 radical (unpaired) electrons. The number of carbonyl (C=O) groups excluding carboxylic acids is 1. The molecular weight excluding hydrogens is 212 g/mol. The molecule has 2 rings (SSSR count). The van der Waals surface area contributed by atoms with Crippen molar-refractivity contribution >= 4 is 6.29 Å². The maximum Gasteiger partial charge on any atom is 0.150 e. The van der Waals surface area contributed by atoms with Crippen molar-refractivity contribution in [3.8, 4) is 5.75 Å². The molecule has 2 aromatic carbocycles. The van der Waals surface area contributed by atoms with Crippen molar-refractivity contribution in [1.82, 2.24) is 0 Å². The van der Waals surface area contributed by atoms with Gasteiger partial charge in [-0.25, -0.2) is 0 Å². The van der Waals surface area contributed by atoms with Gasteiger partial charge in [-0.15, -0.1) is 0 Å². The molecule has 0 N–H and O–H groups in total. The van der Waals surface area contributed by atoms with Crippen LogP contribution in [0.5, 0.6) is 5.75 Å². The molecule has 0 unspecified atom stereocenters. The Bertz CT molecular complexity index is 518. The predicted molar refractivity (Wildman–Crippen MR) is 67.6 cm³/mol. The lowest BCUT2D eigenvalue weighted by Gasteiger charge is -2.09. The van der Waals surface area contributed by atoms with Crippen LogP contribution in [0.25, 0.3) is 0 Å². The first-order valence-electron chi connectivity index (χ1n) is 5.50. The lowest BCUT2D eigenvalue weighted by atomic mass is 10.00. The van der Waals surface area contributed by atoms with Crippen molar-refractivity contribution in [1.29, 1.82) is 0 Å². The molecule has 86 valence electrons. The molecule has 0 amide bonds. The fourth-order valence-corrected chi connectivity index (χ4v) is 1.86. The summed E-state index contributed by atoms with van der Waals surface area (Å²) in [5, 5.41) is 0. The molecule has 0 aromatic heterocycles. The standard InChI is InChI=1S/C15H14O2/c1-17-15-9-5-4-7-13(15)10-12-6-2-3-8-14(12)11-16/h2-9,11H,10H2,1H3. The third-order valence-electron chi connectivity index (χ3n) is 2.76. The lowest BCUT2D eigenvalue weighted by Crippen LogP contribution is -1.96. The summed E-state index contributed by atoms with van der Waals surface area (Å²) in [7, 11) is 1.66. The number of carbonyl (C=O) groups is 1. The Morgan fingerprint density at radius 3 is 2.35 bits per heavy atom. The lowest BCUT2D eigenvalue weighted by molar-refractivity contribution is 0.112. The van der Waals surface area contributed by atoms with E-state index in [1.807, 2.05) is 48.5 Å². The summed E-state index contributed by atoms with van der Waals surface area (Å²) in [5.41, 5.74) is 2.84. The van der Waals surface area contributed by atoms with E-state index < -0.39 is 0 Å². The van der Waals surface area contributed by atoms with E-state index >= 15 is 0 Å². The minimum Gasteiger partial charge on any atom is -0.496 e. The number of benzene rings is 2. The molecule has 0 saturated heterocycles. The van der Waals surface area contributed by atoms with Crippen molar-refractivity contribution in [2.75, 3.05) is 7.11 Å². The average molecular weight is 226 g/mol. The number of aldehydes is 1. The van der Waals surface area contributed by atoms with E-state index in [9.17, 15) is 4.79 Å². The third-order valence-corrected chi connectivity index (χ3v) is 2.76. The monoisotopic (exact) mass is 226 g/mol. The molecule has 0 aliphatic rings. The van der Waals surface area contributed by atoms with E-state index in [2.05, 4.69) is 0 Å². The molecule has 17 heavy (non-hydrogen) atoms. The molecule has 0 aliphatic carbocycles. The number of para-hydroxylation sites is 1. The van der Waals surface area contributed by atoms with Crippen molar-refractivity contribution in [2.24, 2.45) is 0 Å². The minimum atomic E-state index is 0.707. The van der Waals surface area contributed by atoms with Gasteiger partial charge in [-0.2, -0.15) is 0 Å². The van der Waals surface area contributed by atoms with Gasteiger partial charge >= 0.3 is 0 Å². The molecule has 2 aromatic rings. The van der Waals surface area contributed by atoms with Gasteiger partial charge < -0.3 is 4.74 Å². The molecule has 2 heteroatoms. The van der Waals surface area contributed by atoms with E-state index in [4.69, 9.17) is 4.74 Å². The van der Waals surface area contributed by atoms with E-state index in [0.717, 1.165) is 28.7 Å². The summed E-state index contributed by atoms with van der Waals surface area (Å²) >= 11 is 0.